The van der Waals surface area contributed by atoms with E-state index in [1.807, 2.05) is 12.1 Å². The van der Waals surface area contributed by atoms with Gasteiger partial charge < -0.3 is 18.9 Å². The second-order valence-corrected chi connectivity index (χ2v) is 9.15. The summed E-state index contributed by atoms with van der Waals surface area (Å²) in [5, 5.41) is 0. The number of carbonyl (C=O) groups excluding carboxylic acids is 2. The minimum absolute atomic E-state index is 0.654. The van der Waals surface area contributed by atoms with Crippen molar-refractivity contribution in [2.45, 2.75) is 89.6 Å². The zero-order valence-electron chi connectivity index (χ0n) is 19.7. The topological polar surface area (TPSA) is 71.1 Å². The summed E-state index contributed by atoms with van der Waals surface area (Å²) >= 11 is 0. The van der Waals surface area contributed by atoms with E-state index in [1.54, 1.807) is 0 Å². The maximum absolute atomic E-state index is 11.9. The molecule has 178 valence electrons. The van der Waals surface area contributed by atoms with Crippen LogP contribution >= 0.6 is 0 Å². The molecule has 2 aliphatic rings. The molecule has 1 saturated carbocycles. The number of benzene rings is 1. The van der Waals surface area contributed by atoms with Crippen LogP contribution in [0.2, 0.25) is 0 Å². The highest BCUT2D eigenvalue weighted by Gasteiger charge is 2.47. The molecule has 32 heavy (non-hydrogen) atoms. The molecule has 0 N–H and O–H groups in total. The van der Waals surface area contributed by atoms with Crippen molar-refractivity contribution < 1.29 is 28.5 Å². The summed E-state index contributed by atoms with van der Waals surface area (Å²) in [6.07, 6.45) is 10.2. The Labute approximate surface area is 191 Å². The lowest BCUT2D eigenvalue weighted by Gasteiger charge is -2.28. The molecule has 0 radical (unpaired) electrons. The average Bonchev–Trinajstić information content (AvgIpc) is 3.28. The minimum Gasteiger partial charge on any atom is -0.467 e. The summed E-state index contributed by atoms with van der Waals surface area (Å²) in [6.45, 7) is 2.30. The van der Waals surface area contributed by atoms with Crippen molar-refractivity contribution >= 4 is 11.9 Å². The first-order valence-electron chi connectivity index (χ1n) is 12.1. The van der Waals surface area contributed by atoms with Crippen LogP contribution in [0.4, 0.5) is 0 Å². The van der Waals surface area contributed by atoms with E-state index in [0.717, 1.165) is 23.8 Å². The van der Waals surface area contributed by atoms with Gasteiger partial charge in [0.25, 0.3) is 0 Å². The third kappa shape index (κ3) is 6.55. The smallest absolute Gasteiger partial charge is 0.338 e. The van der Waals surface area contributed by atoms with Gasteiger partial charge in [-0.2, -0.15) is 0 Å². The molecule has 1 aliphatic carbocycles. The molecule has 1 heterocycles. The number of rotatable bonds is 10. The molecule has 1 aromatic rings. The van der Waals surface area contributed by atoms with Gasteiger partial charge in [-0.15, -0.1) is 0 Å². The fourth-order valence-electron chi connectivity index (χ4n) is 5.01. The zero-order valence-corrected chi connectivity index (χ0v) is 19.7. The van der Waals surface area contributed by atoms with Gasteiger partial charge in [-0.3, -0.25) is 0 Å². The number of methoxy groups -OCH3 is 2. The van der Waals surface area contributed by atoms with E-state index in [1.165, 1.54) is 77.6 Å². The Bertz CT molecular complexity index is 698. The van der Waals surface area contributed by atoms with E-state index < -0.39 is 30.4 Å². The van der Waals surface area contributed by atoms with E-state index in [0.29, 0.717) is 0 Å². The Kier molecular flexibility index (Phi) is 9.54. The predicted molar refractivity (Wildman–Crippen MR) is 121 cm³/mol. The van der Waals surface area contributed by atoms with Crippen LogP contribution in [0.25, 0.3) is 0 Å². The van der Waals surface area contributed by atoms with Crippen molar-refractivity contribution in [1.82, 2.24) is 0 Å². The van der Waals surface area contributed by atoms with Crippen LogP contribution in [-0.4, -0.2) is 38.4 Å². The summed E-state index contributed by atoms with van der Waals surface area (Å²) in [5.74, 6) is 0.595. The fraction of sp³-hybridized carbons (Fsp3) is 0.692. The van der Waals surface area contributed by atoms with Crippen LogP contribution in [0.15, 0.2) is 24.3 Å². The average molecular weight is 447 g/mol. The highest BCUT2D eigenvalue weighted by molar-refractivity contribution is 5.86. The lowest BCUT2D eigenvalue weighted by molar-refractivity contribution is -0.160. The van der Waals surface area contributed by atoms with Gasteiger partial charge in [-0.1, -0.05) is 82.6 Å². The summed E-state index contributed by atoms with van der Waals surface area (Å²) in [5.41, 5.74) is 2.03. The Morgan fingerprint density at radius 1 is 0.844 bits per heavy atom. The highest BCUT2D eigenvalue weighted by Crippen LogP contribution is 2.35. The van der Waals surface area contributed by atoms with E-state index >= 15 is 0 Å². The third-order valence-electron chi connectivity index (χ3n) is 6.93. The van der Waals surface area contributed by atoms with E-state index in [2.05, 4.69) is 19.1 Å². The van der Waals surface area contributed by atoms with Crippen molar-refractivity contribution in [2.24, 2.45) is 11.8 Å². The Balaban J connectivity index is 1.43. The molecular weight excluding hydrogens is 408 g/mol. The molecule has 1 aromatic carbocycles. The number of carbonyl (C=O) groups is 2. The van der Waals surface area contributed by atoms with Gasteiger partial charge >= 0.3 is 11.9 Å². The van der Waals surface area contributed by atoms with Crippen molar-refractivity contribution in [1.29, 1.82) is 0 Å². The summed E-state index contributed by atoms with van der Waals surface area (Å²) in [4.78, 5) is 23.9. The molecule has 2 fully saturated rings. The molecule has 6 heteroatoms. The quantitative estimate of drug-likeness (QED) is 0.366. The molecule has 1 aliphatic heterocycles. The number of hydrogen-bond acceptors (Lipinski definition) is 6. The number of esters is 2. The number of unbranched alkanes of at least 4 members (excludes halogenated alkanes) is 1. The van der Waals surface area contributed by atoms with Crippen molar-refractivity contribution in [3.05, 3.63) is 35.4 Å². The number of ether oxygens (including phenoxy) is 4. The molecular formula is C26H38O6. The van der Waals surface area contributed by atoms with E-state index in [4.69, 9.17) is 18.9 Å². The largest absolute Gasteiger partial charge is 0.467 e. The molecule has 0 spiro atoms. The van der Waals surface area contributed by atoms with Crippen LogP contribution in [-0.2, 0) is 35.0 Å². The predicted octanol–water partition coefficient (Wildman–Crippen LogP) is 5.13. The number of aryl methyl sites for hydroxylation is 1. The lowest BCUT2D eigenvalue weighted by Crippen LogP contribution is -2.38. The zero-order chi connectivity index (χ0) is 22.9. The summed E-state index contributed by atoms with van der Waals surface area (Å²) in [7, 11) is 2.50. The summed E-state index contributed by atoms with van der Waals surface area (Å²) < 4.78 is 20.8. The van der Waals surface area contributed by atoms with Gasteiger partial charge in [0.05, 0.1) is 14.2 Å². The van der Waals surface area contributed by atoms with Gasteiger partial charge in [-0.05, 0) is 30.2 Å². The van der Waals surface area contributed by atoms with Gasteiger partial charge in [0, 0.05) is 5.56 Å². The fourth-order valence-corrected chi connectivity index (χ4v) is 5.01. The second-order valence-electron chi connectivity index (χ2n) is 9.15. The van der Waals surface area contributed by atoms with Crippen LogP contribution < -0.4 is 0 Å². The molecule has 6 nitrogen and oxygen atoms in total. The van der Waals surface area contributed by atoms with Crippen LogP contribution in [0, 0.1) is 11.8 Å². The maximum atomic E-state index is 11.9. The first-order chi connectivity index (χ1) is 15.5. The monoisotopic (exact) mass is 446 g/mol. The van der Waals surface area contributed by atoms with Crippen molar-refractivity contribution in [3.8, 4) is 0 Å². The summed E-state index contributed by atoms with van der Waals surface area (Å²) in [6, 6.07) is 8.00. The maximum Gasteiger partial charge on any atom is 0.338 e. The SMILES string of the molecule is CCCC1CCC(CCCCc2ccc(C3O[C@@H](C(=O)OC)[C@H](C(=O)OC)O3)cc2)CC1. The first-order valence-corrected chi connectivity index (χ1v) is 12.1. The Hall–Kier alpha value is -1.92. The van der Waals surface area contributed by atoms with Crippen molar-refractivity contribution in [2.75, 3.05) is 14.2 Å². The molecule has 1 saturated heterocycles. The Morgan fingerprint density at radius 3 is 1.88 bits per heavy atom. The first kappa shape index (κ1) is 24.7. The Morgan fingerprint density at radius 2 is 1.38 bits per heavy atom. The van der Waals surface area contributed by atoms with Crippen LogP contribution in [0.5, 0.6) is 0 Å². The van der Waals surface area contributed by atoms with Crippen LogP contribution in [0.3, 0.4) is 0 Å². The second kappa shape index (κ2) is 12.4. The van der Waals surface area contributed by atoms with E-state index in [-0.39, 0.29) is 0 Å². The molecule has 0 amide bonds. The molecule has 0 unspecified atom stereocenters. The van der Waals surface area contributed by atoms with Crippen LogP contribution in [0.1, 0.15) is 82.1 Å². The normalized spacial score (nSPS) is 26.1. The number of hydrogen-bond donors (Lipinski definition) is 0. The highest BCUT2D eigenvalue weighted by atomic mass is 16.8. The molecule has 0 aromatic heterocycles. The van der Waals surface area contributed by atoms with Gasteiger partial charge in [-0.25, -0.2) is 9.59 Å². The molecule has 0 bridgehead atoms. The molecule has 2 atom stereocenters. The molecule has 3 rings (SSSR count). The minimum atomic E-state index is -1.13. The van der Waals surface area contributed by atoms with E-state index in [9.17, 15) is 9.59 Å². The van der Waals surface area contributed by atoms with Gasteiger partial charge in [0.1, 0.15) is 0 Å². The van der Waals surface area contributed by atoms with Crippen molar-refractivity contribution in [3.63, 3.8) is 0 Å². The third-order valence-corrected chi connectivity index (χ3v) is 6.93. The standard InChI is InChI=1S/C26H38O6/c1-4-7-18-10-12-19(13-11-18)8-5-6-9-20-14-16-21(17-15-20)26-31-22(24(27)29-2)23(32-26)25(28)30-3/h14-19,22-23,26H,4-13H2,1-3H3/t18?,19?,22-,23-/m1/s1. The van der Waals surface area contributed by atoms with Gasteiger partial charge in [0.2, 0.25) is 0 Å². The lowest BCUT2D eigenvalue weighted by atomic mass is 9.78. The van der Waals surface area contributed by atoms with Gasteiger partial charge in [0.15, 0.2) is 18.5 Å².